The molecule has 0 bridgehead atoms. The molecule has 0 saturated carbocycles. The molecule has 29 heavy (non-hydrogen) atoms. The molecule has 0 amide bonds. The molecule has 0 fully saturated rings. The molecule has 0 radical (unpaired) electrons. The van der Waals surface area contributed by atoms with Crippen LogP contribution in [0.1, 0.15) is 54.4 Å². The van der Waals surface area contributed by atoms with E-state index >= 15 is 0 Å². The maximum atomic E-state index is 3.16. The van der Waals surface area contributed by atoms with Crippen LogP contribution in [0.15, 0.2) is 65.8 Å². The Hall–Kier alpha value is 0.186. The summed E-state index contributed by atoms with van der Waals surface area (Å²) < 4.78 is 1.62. The molecule has 0 saturated heterocycles. The Bertz CT molecular complexity index is 690. The summed E-state index contributed by atoms with van der Waals surface area (Å²) in [5, 5.41) is 0. The first-order valence-electron chi connectivity index (χ1n) is 9.67. The maximum absolute atomic E-state index is 3.16. The van der Waals surface area contributed by atoms with Crippen LogP contribution in [0.2, 0.25) is 5.76 Å². The smallest absolute Gasteiger partial charge is 1.00 e. The summed E-state index contributed by atoms with van der Waals surface area (Å²) in [5.41, 5.74) is 3.48. The van der Waals surface area contributed by atoms with E-state index in [4.69, 9.17) is 0 Å². The summed E-state index contributed by atoms with van der Waals surface area (Å²) in [7, 11) is -0.676. The Morgan fingerprint density at radius 1 is 0.759 bits per heavy atom. The van der Waals surface area contributed by atoms with Crippen molar-refractivity contribution in [3.8, 4) is 0 Å². The van der Waals surface area contributed by atoms with Crippen LogP contribution in [-0.2, 0) is 21.6 Å². The van der Waals surface area contributed by atoms with E-state index in [1.54, 1.807) is 26.0 Å². The molecule has 0 nitrogen and oxygen atoms in total. The van der Waals surface area contributed by atoms with Gasteiger partial charge in [-0.2, -0.15) is 23.3 Å². The second-order valence-corrected chi connectivity index (χ2v) is 22.3. The van der Waals surface area contributed by atoms with E-state index in [0.717, 1.165) is 12.8 Å². The summed E-state index contributed by atoms with van der Waals surface area (Å²) in [6, 6.07) is 10.9. The fourth-order valence-corrected chi connectivity index (χ4v) is 6.11. The van der Waals surface area contributed by atoms with Crippen LogP contribution in [0.3, 0.4) is 0 Å². The Kier molecular flexibility index (Phi) is 16.3. The van der Waals surface area contributed by atoms with Crippen LogP contribution in [0.5, 0.6) is 0 Å². The quantitative estimate of drug-likeness (QED) is 0.342. The molecule has 0 heterocycles. The third kappa shape index (κ3) is 13.3. The van der Waals surface area contributed by atoms with Crippen LogP contribution >= 0.6 is 0 Å². The molecule has 2 aliphatic carbocycles. The molecule has 0 unspecified atom stereocenters. The van der Waals surface area contributed by atoms with Gasteiger partial charge in [0.15, 0.2) is 0 Å². The Balaban J connectivity index is 0. The zero-order valence-corrected chi connectivity index (χ0v) is 24.9. The van der Waals surface area contributed by atoms with Crippen molar-refractivity contribution in [2.75, 3.05) is 0 Å². The zero-order chi connectivity index (χ0) is 20.5. The molecule has 0 aliphatic heterocycles. The van der Waals surface area contributed by atoms with Crippen LogP contribution in [0, 0.1) is 23.0 Å². The van der Waals surface area contributed by atoms with Crippen molar-refractivity contribution in [2.24, 2.45) is 10.8 Å². The summed E-state index contributed by atoms with van der Waals surface area (Å²) in [6.07, 6.45) is 17.0. The summed E-state index contributed by atoms with van der Waals surface area (Å²) in [6.45, 7) is 13.3. The Morgan fingerprint density at radius 3 is 1.31 bits per heavy atom. The number of hydrogen-bond donors (Lipinski definition) is 0. The number of rotatable bonds is 1. The fourth-order valence-electron chi connectivity index (χ4n) is 2.53. The van der Waals surface area contributed by atoms with Gasteiger partial charge in [0.2, 0.25) is 0 Å². The molecular weight excluding hydrogens is 535 g/mol. The van der Waals surface area contributed by atoms with E-state index in [9.17, 15) is 0 Å². The van der Waals surface area contributed by atoms with E-state index in [-0.39, 0.29) is 24.8 Å². The van der Waals surface area contributed by atoms with Crippen molar-refractivity contribution < 1.29 is 46.4 Å². The average Bonchev–Trinajstić information content (AvgIpc) is 3.29. The molecule has 0 aromatic heterocycles. The number of halogens is 2. The zero-order valence-electron chi connectivity index (χ0n) is 18.9. The largest absolute Gasteiger partial charge is 1.00 e. The van der Waals surface area contributed by atoms with Gasteiger partial charge in [0.25, 0.3) is 0 Å². The van der Waals surface area contributed by atoms with E-state index < -0.39 is 9.98 Å². The van der Waals surface area contributed by atoms with Gasteiger partial charge in [-0.3, -0.25) is 12.2 Å². The normalized spacial score (nSPS) is 14.2. The van der Waals surface area contributed by atoms with E-state index in [1.807, 2.05) is 0 Å². The maximum Gasteiger partial charge on any atom is -1.00 e. The average molecular weight is 569 g/mol. The van der Waals surface area contributed by atoms with Crippen molar-refractivity contribution in [3.63, 3.8) is 0 Å². The molecule has 4 heteroatoms. The van der Waals surface area contributed by atoms with Crippen molar-refractivity contribution >= 4 is 14.4 Å². The van der Waals surface area contributed by atoms with E-state index in [1.165, 1.54) is 11.1 Å². The second kappa shape index (κ2) is 15.1. The first-order valence-corrected chi connectivity index (χ1v) is 20.2. The molecular formula is C25H34Cl2GeZr-2. The summed E-state index contributed by atoms with van der Waals surface area (Å²) in [4.78, 5) is 0. The van der Waals surface area contributed by atoms with Gasteiger partial charge in [-0.05, 0) is 0 Å². The predicted octanol–water partition coefficient (Wildman–Crippen LogP) is 0.514. The SMILES string of the molecule is CC(C)(C)C1=CC[C-]=C1.CC(C)(C)C1=CC[C-]=C1.[CH3][Ge](=[Zr+2])[c]1ccccc1.[Cl-].[Cl-]. The van der Waals surface area contributed by atoms with Gasteiger partial charge >= 0.3 is 72.1 Å². The monoisotopic (exact) mass is 568 g/mol. The van der Waals surface area contributed by atoms with Crippen molar-refractivity contribution in [3.05, 3.63) is 77.9 Å². The molecule has 3 rings (SSSR count). The van der Waals surface area contributed by atoms with Crippen LogP contribution < -0.4 is 29.2 Å². The van der Waals surface area contributed by atoms with Gasteiger partial charge in [-0.1, -0.05) is 52.4 Å². The minimum Gasteiger partial charge on any atom is -1.00 e. The molecule has 1 aromatic carbocycles. The van der Waals surface area contributed by atoms with Crippen molar-refractivity contribution in [1.29, 1.82) is 0 Å². The van der Waals surface area contributed by atoms with Crippen LogP contribution in [0.25, 0.3) is 0 Å². The molecule has 158 valence electrons. The summed E-state index contributed by atoms with van der Waals surface area (Å²) >= 11 is 1.76. The Labute approximate surface area is 208 Å². The molecule has 0 spiro atoms. The first-order chi connectivity index (χ1) is 12.5. The van der Waals surface area contributed by atoms with E-state index in [2.05, 4.69) is 114 Å². The third-order valence-corrected chi connectivity index (χ3v) is 10.5. The second-order valence-electron chi connectivity index (χ2n) is 8.92. The first kappa shape index (κ1) is 31.4. The number of hydrogen-bond acceptors (Lipinski definition) is 0. The van der Waals surface area contributed by atoms with Gasteiger partial charge in [0.05, 0.1) is 0 Å². The molecule has 0 N–H and O–H groups in total. The molecule has 1 aromatic rings. The third-order valence-electron chi connectivity index (χ3n) is 4.33. The van der Waals surface area contributed by atoms with Gasteiger partial charge in [-0.15, -0.1) is 12.8 Å². The number of benzene rings is 1. The van der Waals surface area contributed by atoms with Gasteiger partial charge in [0.1, 0.15) is 0 Å². The minimum absolute atomic E-state index is 0. The van der Waals surface area contributed by atoms with E-state index in [0.29, 0.717) is 10.8 Å². The van der Waals surface area contributed by atoms with Gasteiger partial charge < -0.3 is 24.8 Å². The molecule has 2 aliphatic rings. The molecule has 0 atom stereocenters. The van der Waals surface area contributed by atoms with Crippen molar-refractivity contribution in [1.82, 2.24) is 0 Å². The number of allylic oxidation sites excluding steroid dienone is 8. The van der Waals surface area contributed by atoms with Gasteiger partial charge in [0, 0.05) is 0 Å². The standard InChI is InChI=1S/2C9H13.C7H8Ge.2ClH.Zr/c2*1-9(2,3)8-6-4-5-7-8;1-8-7-5-3-2-4-6-7;;;/h2*6-7H,4H2,1-3H3;2-6H,1H3;2*1H;/q2*-1;;;;+2/p-2. The summed E-state index contributed by atoms with van der Waals surface area (Å²) in [5.74, 6) is 2.41. The van der Waals surface area contributed by atoms with Gasteiger partial charge in [-0.25, -0.2) is 12.2 Å². The minimum atomic E-state index is -0.676. The fraction of sp³-hybridized carbons (Fsp3) is 0.440. The predicted molar refractivity (Wildman–Crippen MR) is 118 cm³/mol. The van der Waals surface area contributed by atoms with Crippen LogP contribution in [-0.4, -0.2) is 9.98 Å². The van der Waals surface area contributed by atoms with Crippen molar-refractivity contribution in [2.45, 2.75) is 60.1 Å². The topological polar surface area (TPSA) is 0 Å². The van der Waals surface area contributed by atoms with Crippen LogP contribution in [0.4, 0.5) is 0 Å². The Morgan fingerprint density at radius 2 is 1.14 bits per heavy atom.